The minimum atomic E-state index is 0.00632. The van der Waals surface area contributed by atoms with Crippen molar-refractivity contribution in [3.05, 3.63) is 34.7 Å². The highest BCUT2D eigenvalue weighted by molar-refractivity contribution is 5.73. The van der Waals surface area contributed by atoms with Crippen LogP contribution in [0, 0.1) is 10.4 Å². The predicted octanol–water partition coefficient (Wildman–Crippen LogP) is 3.55. The quantitative estimate of drug-likeness (QED) is 0.327. The Kier molecular flexibility index (Phi) is 5.99. The molecule has 0 N–H and O–H groups in total. The van der Waals surface area contributed by atoms with E-state index in [1.807, 2.05) is 32.0 Å². The van der Waals surface area contributed by atoms with Gasteiger partial charge in [0.25, 0.3) is 0 Å². The van der Waals surface area contributed by atoms with E-state index in [1.165, 1.54) is 0 Å². The third kappa shape index (κ3) is 3.70. The minimum absolute atomic E-state index is 0.00632. The van der Waals surface area contributed by atoms with Crippen LogP contribution in [0.25, 0.3) is 22.5 Å². The van der Waals surface area contributed by atoms with E-state index < -0.39 is 0 Å². The third-order valence-corrected chi connectivity index (χ3v) is 3.92. The maximum absolute atomic E-state index is 10.6. The van der Waals surface area contributed by atoms with E-state index in [0.29, 0.717) is 35.6 Å². The molecule has 0 bridgehead atoms. The topological polar surface area (TPSA) is 155 Å². The van der Waals surface area contributed by atoms with E-state index in [9.17, 15) is 10.4 Å². The van der Waals surface area contributed by atoms with Gasteiger partial charge in [0.1, 0.15) is 0 Å². The van der Waals surface area contributed by atoms with Crippen LogP contribution in [0.2, 0.25) is 0 Å². The Morgan fingerprint density at radius 1 is 0.857 bits per heavy atom. The molecule has 2 aromatic heterocycles. The van der Waals surface area contributed by atoms with Crippen LogP contribution in [0.1, 0.15) is 26.7 Å². The maximum atomic E-state index is 10.6. The zero-order valence-corrected chi connectivity index (χ0v) is 15.3. The lowest BCUT2D eigenvalue weighted by atomic mass is 10.1. The van der Waals surface area contributed by atoms with Gasteiger partial charge in [-0.05, 0) is 27.6 Å². The molecular weight excluding hydrogens is 368 g/mol. The Bertz CT molecular complexity index is 919. The summed E-state index contributed by atoms with van der Waals surface area (Å²) in [4.78, 5) is 0. The van der Waals surface area contributed by atoms with Gasteiger partial charge in [0.05, 0.1) is 11.1 Å². The highest BCUT2D eigenvalue weighted by Gasteiger charge is 2.30. The van der Waals surface area contributed by atoms with E-state index in [1.54, 1.807) is 15.4 Å². The summed E-state index contributed by atoms with van der Waals surface area (Å²) in [5, 5.41) is 41.2. The molecule has 3 aromatic rings. The van der Waals surface area contributed by atoms with E-state index in [0.717, 1.165) is 12.8 Å². The average molecular weight is 386 g/mol. The van der Waals surface area contributed by atoms with Gasteiger partial charge in [0.15, 0.2) is 13.1 Å². The number of aromatic nitrogens is 4. The fraction of sp³-hybridized carbons (Fsp3) is 0.375. The Labute approximate surface area is 159 Å². The Hall–Kier alpha value is -3.70. The average Bonchev–Trinajstić information content (AvgIpc) is 3.27. The summed E-state index contributed by atoms with van der Waals surface area (Å²) in [5.41, 5.74) is 2.38. The molecule has 0 radical (unpaired) electrons. The van der Waals surface area contributed by atoms with Gasteiger partial charge < -0.3 is 10.4 Å². The maximum Gasteiger partial charge on any atom is 0.347 e. The molecule has 0 amide bonds. The van der Waals surface area contributed by atoms with Crippen molar-refractivity contribution in [1.82, 2.24) is 10.5 Å². The van der Waals surface area contributed by atoms with E-state index >= 15 is 0 Å². The molecular formula is C16H18N8O4. The minimum Gasteiger partial charge on any atom is -0.775 e. The molecule has 0 unspecified atom stereocenters. The van der Waals surface area contributed by atoms with Crippen LogP contribution in [0.5, 0.6) is 0 Å². The first-order valence-electron chi connectivity index (χ1n) is 8.70. The number of aryl methyl sites for hydroxylation is 2. The molecule has 0 saturated heterocycles. The molecule has 1 aromatic carbocycles. The van der Waals surface area contributed by atoms with E-state index in [4.69, 9.17) is 9.05 Å². The summed E-state index contributed by atoms with van der Waals surface area (Å²) in [6, 6.07) is 7.25. The zero-order chi connectivity index (χ0) is 19.9. The van der Waals surface area contributed by atoms with E-state index in [-0.39, 0.29) is 11.8 Å². The van der Waals surface area contributed by atoms with Crippen molar-refractivity contribution in [1.29, 1.82) is 0 Å². The Morgan fingerprint density at radius 3 is 1.71 bits per heavy atom. The van der Waals surface area contributed by atoms with Crippen molar-refractivity contribution in [2.45, 2.75) is 39.8 Å². The summed E-state index contributed by atoms with van der Waals surface area (Å²) in [6.45, 7) is 5.11. The van der Waals surface area contributed by atoms with Crippen LogP contribution < -0.4 is 9.36 Å². The highest BCUT2D eigenvalue weighted by atomic mass is 16.5. The molecule has 28 heavy (non-hydrogen) atoms. The predicted molar refractivity (Wildman–Crippen MR) is 94.2 cm³/mol. The van der Waals surface area contributed by atoms with Crippen molar-refractivity contribution in [3.8, 4) is 22.5 Å². The molecule has 0 atom stereocenters. The van der Waals surface area contributed by atoms with Crippen LogP contribution in [-0.2, 0) is 13.1 Å². The summed E-state index contributed by atoms with van der Waals surface area (Å²) in [5.74, 6) is 0.0126. The fourth-order valence-corrected chi connectivity index (χ4v) is 2.86. The summed E-state index contributed by atoms with van der Waals surface area (Å²) >= 11 is 0. The lowest BCUT2D eigenvalue weighted by Gasteiger charge is -2.00. The van der Waals surface area contributed by atoms with Gasteiger partial charge in [-0.2, -0.15) is 0 Å². The van der Waals surface area contributed by atoms with Crippen LogP contribution in [0.15, 0.2) is 54.1 Å². The molecule has 0 saturated carbocycles. The van der Waals surface area contributed by atoms with Crippen LogP contribution in [0.3, 0.4) is 0 Å². The van der Waals surface area contributed by atoms with Crippen molar-refractivity contribution < 1.29 is 18.4 Å². The molecule has 3 rings (SSSR count). The Balaban J connectivity index is 2.15. The summed E-state index contributed by atoms with van der Waals surface area (Å²) < 4.78 is 13.5. The monoisotopic (exact) mass is 386 g/mol. The molecule has 0 spiro atoms. The second kappa shape index (κ2) is 8.79. The zero-order valence-electron chi connectivity index (χ0n) is 15.3. The second-order valence-corrected chi connectivity index (χ2v) is 5.84. The molecule has 0 aliphatic heterocycles. The van der Waals surface area contributed by atoms with Gasteiger partial charge >= 0.3 is 23.2 Å². The van der Waals surface area contributed by atoms with E-state index in [2.05, 4.69) is 31.3 Å². The second-order valence-electron chi connectivity index (χ2n) is 5.84. The van der Waals surface area contributed by atoms with Crippen LogP contribution in [-0.4, -0.2) is 10.5 Å². The van der Waals surface area contributed by atoms with Gasteiger partial charge in [-0.1, -0.05) is 19.9 Å². The van der Waals surface area contributed by atoms with Crippen molar-refractivity contribution >= 4 is 11.8 Å². The molecule has 0 fully saturated rings. The first-order chi connectivity index (χ1) is 13.7. The molecule has 2 heterocycles. The van der Waals surface area contributed by atoms with Gasteiger partial charge in [0.2, 0.25) is 10.5 Å². The standard InChI is InChI=1S/C16H18N8O4/c1-3-8-23-13(15(17-19-25)27-21-23)11-6-5-7-12(10-11)14-16(18-20-26)28-22-24(14)9-4-2/h5-7,10H,3-4,8-9H2,1-2H3. The lowest BCUT2D eigenvalue weighted by molar-refractivity contribution is -0.752. The van der Waals surface area contributed by atoms with Crippen molar-refractivity contribution in [2.75, 3.05) is 0 Å². The van der Waals surface area contributed by atoms with Crippen molar-refractivity contribution in [2.24, 2.45) is 20.8 Å². The lowest BCUT2D eigenvalue weighted by Crippen LogP contribution is -2.37. The van der Waals surface area contributed by atoms with Gasteiger partial charge in [-0.3, -0.25) is 9.05 Å². The smallest absolute Gasteiger partial charge is 0.347 e. The number of hydrogen-bond donors (Lipinski definition) is 0. The number of rotatable bonds is 8. The molecule has 12 nitrogen and oxygen atoms in total. The first-order valence-corrected chi connectivity index (χ1v) is 8.70. The normalized spacial score (nSPS) is 11.8. The number of hydrogen-bond acceptors (Lipinski definition) is 10. The fourth-order valence-electron chi connectivity index (χ4n) is 2.86. The van der Waals surface area contributed by atoms with Gasteiger partial charge in [-0.25, -0.2) is 10.6 Å². The largest absolute Gasteiger partial charge is 0.775 e. The third-order valence-electron chi connectivity index (χ3n) is 3.92. The molecule has 0 aliphatic rings. The number of nitrogens with zero attached hydrogens (tertiary/aromatic N) is 8. The summed E-state index contributed by atoms with van der Waals surface area (Å²) in [6.07, 6.45) is 1.60. The summed E-state index contributed by atoms with van der Waals surface area (Å²) in [7, 11) is 0. The van der Waals surface area contributed by atoms with Crippen LogP contribution >= 0.6 is 0 Å². The number of benzene rings is 1. The van der Waals surface area contributed by atoms with Gasteiger partial charge in [-0.15, -0.1) is 10.2 Å². The molecule has 146 valence electrons. The van der Waals surface area contributed by atoms with Gasteiger partial charge in [0, 0.05) is 12.8 Å². The first kappa shape index (κ1) is 19.1. The highest BCUT2D eigenvalue weighted by Crippen LogP contribution is 2.33. The molecule has 0 aliphatic carbocycles. The van der Waals surface area contributed by atoms with Crippen LogP contribution in [0.4, 0.5) is 11.8 Å². The SMILES string of the molecule is CCC[n+]1noc(/N=N/[O-])c1-c1cccc(-c2c(/N=N/[O-])on[n+]2CCC)c1. The molecule has 12 heteroatoms. The Morgan fingerprint density at radius 2 is 1.32 bits per heavy atom. The van der Waals surface area contributed by atoms with Crippen molar-refractivity contribution in [3.63, 3.8) is 0 Å².